The Morgan fingerprint density at radius 3 is 2.50 bits per heavy atom. The van der Waals surface area contributed by atoms with E-state index < -0.39 is 0 Å². The number of carbonyl (C=O) groups excluding carboxylic acids is 2. The molecule has 5 nitrogen and oxygen atoms in total. The summed E-state index contributed by atoms with van der Waals surface area (Å²) in [7, 11) is 0. The lowest BCUT2D eigenvalue weighted by molar-refractivity contribution is -0.140. The number of hydrogen-bond donors (Lipinski definition) is 2. The molecule has 2 fully saturated rings. The van der Waals surface area contributed by atoms with Crippen LogP contribution in [0.2, 0.25) is 0 Å². The highest BCUT2D eigenvalue weighted by atomic mass is 16.2. The lowest BCUT2D eigenvalue weighted by atomic mass is 9.89. The van der Waals surface area contributed by atoms with E-state index in [1.807, 2.05) is 4.90 Å². The summed E-state index contributed by atoms with van der Waals surface area (Å²) in [5.41, 5.74) is 4.96. The number of rotatable bonds is 3. The molecule has 2 saturated heterocycles. The second-order valence-corrected chi connectivity index (χ2v) is 5.43. The molecule has 0 bridgehead atoms. The third-order valence-electron chi connectivity index (χ3n) is 4.44. The molecule has 2 heterocycles. The molecule has 0 aliphatic carbocycles. The van der Waals surface area contributed by atoms with Crippen molar-refractivity contribution in [1.82, 2.24) is 10.2 Å². The lowest BCUT2D eigenvalue weighted by Gasteiger charge is -2.37. The number of piperidine rings is 1. The Labute approximate surface area is 108 Å². The number of carbonyl (C=O) groups is 2. The zero-order valence-electron chi connectivity index (χ0n) is 11.1. The van der Waals surface area contributed by atoms with E-state index in [4.69, 9.17) is 5.73 Å². The van der Waals surface area contributed by atoms with Crippen LogP contribution in [0.3, 0.4) is 0 Å². The molecule has 0 saturated carbocycles. The van der Waals surface area contributed by atoms with E-state index in [0.717, 1.165) is 25.8 Å². The molecule has 18 heavy (non-hydrogen) atoms. The van der Waals surface area contributed by atoms with Gasteiger partial charge in [-0.3, -0.25) is 9.59 Å². The van der Waals surface area contributed by atoms with E-state index in [0.29, 0.717) is 25.9 Å². The Morgan fingerprint density at radius 1 is 1.39 bits per heavy atom. The first-order valence-electron chi connectivity index (χ1n) is 6.93. The molecule has 0 aromatic heterocycles. The summed E-state index contributed by atoms with van der Waals surface area (Å²) in [6.07, 6.45) is 4.25. The van der Waals surface area contributed by atoms with Crippen molar-refractivity contribution >= 4 is 11.8 Å². The van der Waals surface area contributed by atoms with Gasteiger partial charge in [0.15, 0.2) is 0 Å². The Bertz CT molecular complexity index is 329. The predicted molar refractivity (Wildman–Crippen MR) is 68.8 cm³/mol. The third-order valence-corrected chi connectivity index (χ3v) is 4.44. The zero-order valence-corrected chi connectivity index (χ0v) is 11.1. The fourth-order valence-corrected chi connectivity index (χ4v) is 3.11. The summed E-state index contributed by atoms with van der Waals surface area (Å²) < 4.78 is 0. The van der Waals surface area contributed by atoms with E-state index in [-0.39, 0.29) is 23.3 Å². The summed E-state index contributed by atoms with van der Waals surface area (Å²) >= 11 is 0. The molecule has 2 aliphatic rings. The number of likely N-dealkylation sites (tertiary alicyclic amines) is 1. The Balaban J connectivity index is 1.96. The maximum absolute atomic E-state index is 12.6. The van der Waals surface area contributed by atoms with Gasteiger partial charge in [-0.05, 0) is 38.6 Å². The summed E-state index contributed by atoms with van der Waals surface area (Å²) in [6.45, 7) is 4.31. The summed E-state index contributed by atoms with van der Waals surface area (Å²) in [5, 5.41) is 3.37. The fourth-order valence-electron chi connectivity index (χ4n) is 3.11. The van der Waals surface area contributed by atoms with E-state index in [1.165, 1.54) is 0 Å². The molecule has 0 spiro atoms. The molecule has 1 unspecified atom stereocenters. The molecule has 1 atom stereocenters. The number of hydrogen-bond acceptors (Lipinski definition) is 3. The number of primary amides is 1. The number of nitrogens with one attached hydrogen (secondary N) is 1. The largest absolute Gasteiger partial charge is 0.369 e. The average Bonchev–Trinajstić information content (AvgIpc) is 2.88. The second-order valence-electron chi connectivity index (χ2n) is 5.43. The Hall–Kier alpha value is -1.10. The van der Waals surface area contributed by atoms with Crippen LogP contribution in [0.15, 0.2) is 0 Å². The van der Waals surface area contributed by atoms with Crippen LogP contribution in [0.4, 0.5) is 0 Å². The van der Waals surface area contributed by atoms with Gasteiger partial charge in [-0.15, -0.1) is 0 Å². The maximum atomic E-state index is 12.6. The van der Waals surface area contributed by atoms with Crippen molar-refractivity contribution in [2.75, 3.05) is 19.6 Å². The van der Waals surface area contributed by atoms with Crippen molar-refractivity contribution < 1.29 is 9.59 Å². The molecule has 0 aromatic rings. The predicted octanol–water partition coefficient (Wildman–Crippen LogP) is 0.243. The van der Waals surface area contributed by atoms with Gasteiger partial charge in [-0.25, -0.2) is 0 Å². The highest BCUT2D eigenvalue weighted by molar-refractivity contribution is 5.87. The highest BCUT2D eigenvalue weighted by Gasteiger charge is 2.42. The molecule has 0 radical (unpaired) electrons. The molecule has 0 aromatic carbocycles. The fraction of sp³-hybridized carbons (Fsp3) is 0.846. The molecule has 3 N–H and O–H groups in total. The van der Waals surface area contributed by atoms with Crippen LogP contribution in [0.5, 0.6) is 0 Å². The minimum absolute atomic E-state index is 0.0526. The van der Waals surface area contributed by atoms with Crippen molar-refractivity contribution in [2.45, 2.75) is 44.6 Å². The monoisotopic (exact) mass is 253 g/mol. The van der Waals surface area contributed by atoms with Gasteiger partial charge in [0, 0.05) is 19.0 Å². The molecule has 2 aliphatic heterocycles. The van der Waals surface area contributed by atoms with Crippen molar-refractivity contribution in [3.8, 4) is 0 Å². The number of amides is 2. The number of nitrogens with zero attached hydrogens (tertiary/aromatic N) is 1. The van der Waals surface area contributed by atoms with Crippen LogP contribution in [-0.2, 0) is 9.59 Å². The molecule has 2 rings (SSSR count). The normalized spacial score (nSPS) is 29.5. The van der Waals surface area contributed by atoms with Crippen LogP contribution in [0.1, 0.15) is 39.0 Å². The van der Waals surface area contributed by atoms with Gasteiger partial charge in [0.1, 0.15) is 0 Å². The van der Waals surface area contributed by atoms with Gasteiger partial charge < -0.3 is 16.0 Å². The first kappa shape index (κ1) is 13.3. The third kappa shape index (κ3) is 2.36. The minimum atomic E-state index is -0.348. The van der Waals surface area contributed by atoms with Crippen molar-refractivity contribution in [3.63, 3.8) is 0 Å². The lowest BCUT2D eigenvalue weighted by Crippen LogP contribution is -2.56. The summed E-state index contributed by atoms with van der Waals surface area (Å²) in [6, 6.07) is 0. The highest BCUT2D eigenvalue weighted by Crippen LogP contribution is 2.27. The topological polar surface area (TPSA) is 75.4 Å². The van der Waals surface area contributed by atoms with Crippen LogP contribution in [-0.4, -0.2) is 41.9 Å². The van der Waals surface area contributed by atoms with Gasteiger partial charge in [-0.2, -0.15) is 0 Å². The molecule has 102 valence electrons. The molecular weight excluding hydrogens is 230 g/mol. The smallest absolute Gasteiger partial charge is 0.242 e. The zero-order chi connectivity index (χ0) is 13.2. The minimum Gasteiger partial charge on any atom is -0.369 e. The van der Waals surface area contributed by atoms with Gasteiger partial charge >= 0.3 is 0 Å². The van der Waals surface area contributed by atoms with Crippen LogP contribution in [0, 0.1) is 5.92 Å². The first-order chi connectivity index (χ1) is 8.59. The second kappa shape index (κ2) is 5.26. The van der Waals surface area contributed by atoms with Crippen molar-refractivity contribution in [3.05, 3.63) is 0 Å². The molecule has 5 heteroatoms. The Morgan fingerprint density at radius 2 is 2.06 bits per heavy atom. The van der Waals surface area contributed by atoms with Gasteiger partial charge in [0.2, 0.25) is 11.8 Å². The van der Waals surface area contributed by atoms with Crippen LogP contribution >= 0.6 is 0 Å². The molecule has 2 amide bonds. The standard InChI is InChI=1S/C13H23N3O2/c1-2-13(6-3-7-15-13)12(18)16-8-4-10(5-9-16)11(14)17/h10,15H,2-9H2,1H3,(H2,14,17). The number of nitrogens with two attached hydrogens (primary N) is 1. The van der Waals surface area contributed by atoms with Crippen LogP contribution in [0.25, 0.3) is 0 Å². The maximum Gasteiger partial charge on any atom is 0.242 e. The van der Waals surface area contributed by atoms with Gasteiger partial charge in [0.25, 0.3) is 0 Å². The summed E-state index contributed by atoms with van der Waals surface area (Å²) in [5.74, 6) is -0.0696. The van der Waals surface area contributed by atoms with E-state index in [9.17, 15) is 9.59 Å². The quantitative estimate of drug-likeness (QED) is 0.756. The average molecular weight is 253 g/mol. The van der Waals surface area contributed by atoms with E-state index in [2.05, 4.69) is 12.2 Å². The first-order valence-corrected chi connectivity index (χ1v) is 6.93. The van der Waals surface area contributed by atoms with Gasteiger partial charge in [-0.1, -0.05) is 6.92 Å². The summed E-state index contributed by atoms with van der Waals surface area (Å²) in [4.78, 5) is 25.6. The SMILES string of the molecule is CCC1(C(=O)N2CCC(C(N)=O)CC2)CCCN1. The van der Waals surface area contributed by atoms with Crippen molar-refractivity contribution in [2.24, 2.45) is 11.7 Å². The van der Waals surface area contributed by atoms with Crippen LogP contribution < -0.4 is 11.1 Å². The van der Waals surface area contributed by atoms with Crippen molar-refractivity contribution in [1.29, 1.82) is 0 Å². The molecular formula is C13H23N3O2. The Kier molecular flexibility index (Phi) is 3.90. The van der Waals surface area contributed by atoms with Gasteiger partial charge in [0.05, 0.1) is 5.54 Å². The van der Waals surface area contributed by atoms with E-state index >= 15 is 0 Å². The van der Waals surface area contributed by atoms with E-state index in [1.54, 1.807) is 0 Å².